The molecule has 0 aromatic heterocycles. The van der Waals surface area contributed by atoms with E-state index >= 15 is 0 Å². The number of piperazine rings is 1. The molecule has 7 heteroatoms. The molecule has 1 aliphatic rings. The van der Waals surface area contributed by atoms with Gasteiger partial charge in [-0.1, -0.05) is 30.3 Å². The predicted octanol–water partition coefficient (Wildman–Crippen LogP) is 4.23. The standard InChI is InChI=1S/C24H33N3O4/c1-4-29-21-16-20(17-22(30-5-2)23(21)31-6-3)25-24(28)27-14-12-26(13-15-27)18-19-10-8-7-9-11-19/h7-11,16-17H,4-6,12-15,18H2,1-3H3,(H,25,28). The Bertz CT molecular complexity index is 809. The maximum atomic E-state index is 12.9. The number of nitrogens with zero attached hydrogens (tertiary/aromatic N) is 2. The summed E-state index contributed by atoms with van der Waals surface area (Å²) in [6.45, 7) is 11.2. The molecule has 1 N–H and O–H groups in total. The topological polar surface area (TPSA) is 63.3 Å². The summed E-state index contributed by atoms with van der Waals surface area (Å²) < 4.78 is 17.2. The first-order valence-electron chi connectivity index (χ1n) is 11.0. The van der Waals surface area contributed by atoms with Gasteiger partial charge in [-0.05, 0) is 26.3 Å². The van der Waals surface area contributed by atoms with E-state index in [0.29, 0.717) is 55.8 Å². The van der Waals surface area contributed by atoms with Crippen LogP contribution < -0.4 is 19.5 Å². The van der Waals surface area contributed by atoms with E-state index in [-0.39, 0.29) is 6.03 Å². The molecule has 2 amide bonds. The molecule has 0 radical (unpaired) electrons. The maximum absolute atomic E-state index is 12.9. The van der Waals surface area contributed by atoms with Gasteiger partial charge in [-0.2, -0.15) is 0 Å². The lowest BCUT2D eigenvalue weighted by molar-refractivity contribution is 0.143. The monoisotopic (exact) mass is 427 g/mol. The minimum absolute atomic E-state index is 0.117. The Hall–Kier alpha value is -2.93. The van der Waals surface area contributed by atoms with Crippen molar-refractivity contribution in [2.24, 2.45) is 0 Å². The van der Waals surface area contributed by atoms with Crippen molar-refractivity contribution in [3.8, 4) is 17.2 Å². The Morgan fingerprint density at radius 3 is 2.00 bits per heavy atom. The van der Waals surface area contributed by atoms with Crippen molar-refractivity contribution in [3.63, 3.8) is 0 Å². The number of benzene rings is 2. The number of hydrogen-bond donors (Lipinski definition) is 1. The summed E-state index contributed by atoms with van der Waals surface area (Å²) in [5, 5.41) is 3.00. The molecule has 0 atom stereocenters. The van der Waals surface area contributed by atoms with E-state index in [2.05, 4.69) is 34.5 Å². The van der Waals surface area contributed by atoms with Gasteiger partial charge in [0.1, 0.15) is 0 Å². The Kier molecular flexibility index (Phi) is 8.41. The summed E-state index contributed by atoms with van der Waals surface area (Å²) in [5.74, 6) is 1.70. The van der Waals surface area contributed by atoms with Crippen LogP contribution in [-0.2, 0) is 6.54 Å². The van der Waals surface area contributed by atoms with E-state index in [1.165, 1.54) is 5.56 Å². The largest absolute Gasteiger partial charge is 0.490 e. The van der Waals surface area contributed by atoms with E-state index in [0.717, 1.165) is 19.6 Å². The first-order chi connectivity index (χ1) is 15.1. The molecule has 7 nitrogen and oxygen atoms in total. The zero-order valence-electron chi connectivity index (χ0n) is 18.7. The summed E-state index contributed by atoms with van der Waals surface area (Å²) in [4.78, 5) is 17.1. The van der Waals surface area contributed by atoms with Crippen molar-refractivity contribution >= 4 is 11.7 Å². The third kappa shape index (κ3) is 6.28. The molecule has 2 aromatic carbocycles. The first-order valence-corrected chi connectivity index (χ1v) is 11.0. The molecule has 1 heterocycles. The average Bonchev–Trinajstić information content (AvgIpc) is 2.77. The second-order valence-electron chi connectivity index (χ2n) is 7.28. The Morgan fingerprint density at radius 2 is 1.45 bits per heavy atom. The zero-order valence-corrected chi connectivity index (χ0v) is 18.7. The number of rotatable bonds is 9. The molecule has 1 fully saturated rings. The van der Waals surface area contributed by atoms with Gasteiger partial charge in [0, 0.05) is 44.9 Å². The smallest absolute Gasteiger partial charge is 0.321 e. The molecule has 168 valence electrons. The van der Waals surface area contributed by atoms with E-state index < -0.39 is 0 Å². The Balaban J connectivity index is 1.63. The summed E-state index contributed by atoms with van der Waals surface area (Å²) in [7, 11) is 0. The normalized spacial score (nSPS) is 14.2. The van der Waals surface area contributed by atoms with Gasteiger partial charge in [0.15, 0.2) is 11.5 Å². The van der Waals surface area contributed by atoms with Crippen LogP contribution in [0.4, 0.5) is 10.5 Å². The van der Waals surface area contributed by atoms with Crippen LogP contribution in [0, 0.1) is 0 Å². The minimum Gasteiger partial charge on any atom is -0.490 e. The lowest BCUT2D eigenvalue weighted by atomic mass is 10.2. The molecular formula is C24H33N3O4. The molecule has 1 saturated heterocycles. The molecule has 2 aromatic rings. The fourth-order valence-electron chi connectivity index (χ4n) is 3.61. The molecule has 1 aliphatic heterocycles. The maximum Gasteiger partial charge on any atom is 0.321 e. The van der Waals surface area contributed by atoms with Crippen LogP contribution in [0.1, 0.15) is 26.3 Å². The van der Waals surface area contributed by atoms with E-state index in [4.69, 9.17) is 14.2 Å². The van der Waals surface area contributed by atoms with Crippen molar-refractivity contribution in [2.75, 3.05) is 51.3 Å². The lowest BCUT2D eigenvalue weighted by Gasteiger charge is -2.34. The van der Waals surface area contributed by atoms with E-state index in [1.807, 2.05) is 31.7 Å². The molecule has 0 unspecified atom stereocenters. The highest BCUT2D eigenvalue weighted by atomic mass is 16.5. The number of hydrogen-bond acceptors (Lipinski definition) is 5. The van der Waals surface area contributed by atoms with Gasteiger partial charge in [-0.3, -0.25) is 4.90 Å². The Morgan fingerprint density at radius 1 is 0.871 bits per heavy atom. The fraction of sp³-hybridized carbons (Fsp3) is 0.458. The predicted molar refractivity (Wildman–Crippen MR) is 122 cm³/mol. The Labute approximate surface area is 184 Å². The van der Waals surface area contributed by atoms with Gasteiger partial charge >= 0.3 is 6.03 Å². The van der Waals surface area contributed by atoms with Crippen LogP contribution in [0.2, 0.25) is 0 Å². The highest BCUT2D eigenvalue weighted by molar-refractivity contribution is 5.90. The van der Waals surface area contributed by atoms with Crippen LogP contribution in [0.3, 0.4) is 0 Å². The van der Waals surface area contributed by atoms with Crippen molar-refractivity contribution in [1.82, 2.24) is 9.80 Å². The fourth-order valence-corrected chi connectivity index (χ4v) is 3.61. The van der Waals surface area contributed by atoms with Crippen molar-refractivity contribution in [2.45, 2.75) is 27.3 Å². The van der Waals surface area contributed by atoms with Gasteiger partial charge in [0.25, 0.3) is 0 Å². The SMILES string of the molecule is CCOc1cc(NC(=O)N2CCN(Cc3ccccc3)CC2)cc(OCC)c1OCC. The van der Waals surface area contributed by atoms with Crippen LogP contribution >= 0.6 is 0 Å². The average molecular weight is 428 g/mol. The van der Waals surface area contributed by atoms with Gasteiger partial charge in [0.05, 0.1) is 25.5 Å². The van der Waals surface area contributed by atoms with Gasteiger partial charge < -0.3 is 24.4 Å². The van der Waals surface area contributed by atoms with Crippen LogP contribution in [0.15, 0.2) is 42.5 Å². The summed E-state index contributed by atoms with van der Waals surface area (Å²) in [6.07, 6.45) is 0. The minimum atomic E-state index is -0.117. The first kappa shape index (κ1) is 22.7. The highest BCUT2D eigenvalue weighted by Gasteiger charge is 2.22. The van der Waals surface area contributed by atoms with E-state index in [1.54, 1.807) is 12.1 Å². The molecule has 31 heavy (non-hydrogen) atoms. The molecule has 0 spiro atoms. The third-order valence-electron chi connectivity index (χ3n) is 5.07. The van der Waals surface area contributed by atoms with Crippen molar-refractivity contribution < 1.29 is 19.0 Å². The molecule has 0 bridgehead atoms. The number of carbonyl (C=O) groups is 1. The van der Waals surface area contributed by atoms with Crippen molar-refractivity contribution in [1.29, 1.82) is 0 Å². The number of ether oxygens (including phenoxy) is 3. The molecular weight excluding hydrogens is 394 g/mol. The van der Waals surface area contributed by atoms with Gasteiger partial charge in [0.2, 0.25) is 5.75 Å². The van der Waals surface area contributed by atoms with E-state index in [9.17, 15) is 4.79 Å². The second kappa shape index (κ2) is 11.5. The molecule has 0 saturated carbocycles. The zero-order chi connectivity index (χ0) is 22.1. The van der Waals surface area contributed by atoms with Gasteiger partial charge in [-0.25, -0.2) is 4.79 Å². The summed E-state index contributed by atoms with van der Waals surface area (Å²) >= 11 is 0. The third-order valence-corrected chi connectivity index (χ3v) is 5.07. The second-order valence-corrected chi connectivity index (χ2v) is 7.28. The van der Waals surface area contributed by atoms with Crippen LogP contribution in [-0.4, -0.2) is 61.8 Å². The van der Waals surface area contributed by atoms with Gasteiger partial charge in [-0.15, -0.1) is 0 Å². The number of amides is 2. The van der Waals surface area contributed by atoms with Crippen LogP contribution in [0.5, 0.6) is 17.2 Å². The quantitative estimate of drug-likeness (QED) is 0.649. The van der Waals surface area contributed by atoms with Crippen molar-refractivity contribution in [3.05, 3.63) is 48.0 Å². The highest BCUT2D eigenvalue weighted by Crippen LogP contribution is 2.40. The lowest BCUT2D eigenvalue weighted by Crippen LogP contribution is -2.49. The summed E-state index contributed by atoms with van der Waals surface area (Å²) in [6, 6.07) is 13.9. The molecule has 0 aliphatic carbocycles. The number of urea groups is 1. The number of carbonyl (C=O) groups excluding carboxylic acids is 1. The number of anilines is 1. The molecule has 3 rings (SSSR count). The summed E-state index contributed by atoms with van der Waals surface area (Å²) in [5.41, 5.74) is 1.92. The number of nitrogens with one attached hydrogen (secondary N) is 1. The van der Waals surface area contributed by atoms with Crippen LogP contribution in [0.25, 0.3) is 0 Å².